The van der Waals surface area contributed by atoms with E-state index in [1.807, 2.05) is 0 Å². The van der Waals surface area contributed by atoms with E-state index in [9.17, 15) is 9.90 Å². The Kier molecular flexibility index (Phi) is 8.85. The van der Waals surface area contributed by atoms with Gasteiger partial charge in [-0.05, 0) is 12.8 Å². The molecule has 19 heavy (non-hydrogen) atoms. The molecule has 0 aromatic heterocycles. The number of aliphatic imine (C=N–C) groups is 1. The maximum absolute atomic E-state index is 11.3. The van der Waals surface area contributed by atoms with Crippen molar-refractivity contribution >= 4 is 11.8 Å². The summed E-state index contributed by atoms with van der Waals surface area (Å²) in [7, 11) is 0. The van der Waals surface area contributed by atoms with Crippen LogP contribution in [0.5, 0.6) is 0 Å². The van der Waals surface area contributed by atoms with Gasteiger partial charge in [-0.2, -0.15) is 0 Å². The van der Waals surface area contributed by atoms with E-state index in [1.165, 1.54) is 0 Å². The summed E-state index contributed by atoms with van der Waals surface area (Å²) in [6.07, 6.45) is 7.32. The van der Waals surface area contributed by atoms with Crippen molar-refractivity contribution in [3.05, 3.63) is 0 Å². The molecule has 0 saturated heterocycles. The number of carbonyl (C=O) groups is 1. The minimum absolute atomic E-state index is 0. The monoisotopic (exact) mass is 316 g/mol. The first-order valence-electron chi connectivity index (χ1n) is 6.89. The Bertz CT molecular complexity index is 345. The average molecular weight is 317 g/mol. The molecule has 0 spiro atoms. The summed E-state index contributed by atoms with van der Waals surface area (Å²) < 4.78 is 0. The predicted molar refractivity (Wildman–Crippen MR) is 70.9 cm³/mol. The quantitative estimate of drug-likeness (QED) is 0.519. The first kappa shape index (κ1) is 18.3. The van der Waals surface area contributed by atoms with Gasteiger partial charge in [-0.25, -0.2) is 9.79 Å². The van der Waals surface area contributed by atoms with E-state index in [-0.39, 0.29) is 17.1 Å². The van der Waals surface area contributed by atoms with Crippen molar-refractivity contribution in [3.8, 4) is 0 Å². The van der Waals surface area contributed by atoms with Gasteiger partial charge in [0.2, 0.25) is 0 Å². The molecule has 0 saturated carbocycles. The van der Waals surface area contributed by atoms with Crippen LogP contribution in [0.4, 0.5) is 0 Å². The molecule has 6 heteroatoms. The van der Waals surface area contributed by atoms with Crippen molar-refractivity contribution in [1.29, 1.82) is 0 Å². The van der Waals surface area contributed by atoms with Crippen LogP contribution in [-0.2, 0) is 21.9 Å². The molecule has 0 amide bonds. The fourth-order valence-corrected chi connectivity index (χ4v) is 1.96. The molecule has 1 N–H and O–H groups in total. The van der Waals surface area contributed by atoms with Crippen LogP contribution in [0, 0.1) is 0 Å². The number of hydrogen-bond acceptors (Lipinski definition) is 4. The zero-order valence-corrected chi connectivity index (χ0v) is 12.6. The Balaban J connectivity index is 0.00000324. The van der Waals surface area contributed by atoms with Gasteiger partial charge in [-0.3, -0.25) is 0 Å². The summed E-state index contributed by atoms with van der Waals surface area (Å²) in [6, 6.07) is 0. The molecule has 0 aromatic rings. The summed E-state index contributed by atoms with van der Waals surface area (Å²) in [5, 5.41) is 17.2. The standard InChI is InChI=1S/C13H23N3O2.Cu/c1-3-5-7-9-11-14-13(12(17)18,16-15-11)10-8-6-4-2;/h3-10H2,1-2H3,(H,17,18);. The van der Waals surface area contributed by atoms with Gasteiger partial charge in [0.1, 0.15) is 5.84 Å². The van der Waals surface area contributed by atoms with Crippen LogP contribution in [0.3, 0.4) is 0 Å². The van der Waals surface area contributed by atoms with Crippen molar-refractivity contribution in [1.82, 2.24) is 0 Å². The molecular weight excluding hydrogens is 294 g/mol. The van der Waals surface area contributed by atoms with Crippen LogP contribution in [0.1, 0.15) is 65.2 Å². The third-order valence-corrected chi connectivity index (χ3v) is 3.12. The van der Waals surface area contributed by atoms with Crippen molar-refractivity contribution in [2.75, 3.05) is 0 Å². The molecule has 0 fully saturated rings. The van der Waals surface area contributed by atoms with Gasteiger partial charge in [0.25, 0.3) is 5.66 Å². The molecule has 1 aliphatic rings. The Labute approximate surface area is 125 Å². The molecule has 1 rings (SSSR count). The average Bonchev–Trinajstić information content (AvgIpc) is 2.75. The van der Waals surface area contributed by atoms with Gasteiger partial charge >= 0.3 is 5.97 Å². The first-order valence-corrected chi connectivity index (χ1v) is 6.89. The summed E-state index contributed by atoms with van der Waals surface area (Å²) in [6.45, 7) is 4.22. The van der Waals surface area contributed by atoms with Crippen LogP contribution >= 0.6 is 0 Å². The van der Waals surface area contributed by atoms with Gasteiger partial charge in [-0.1, -0.05) is 39.5 Å². The number of unbranched alkanes of at least 4 members (excludes halogenated alkanes) is 4. The largest absolute Gasteiger partial charge is 0.478 e. The minimum Gasteiger partial charge on any atom is -0.478 e. The van der Waals surface area contributed by atoms with Gasteiger partial charge in [0, 0.05) is 29.9 Å². The SMILES string of the molecule is CCCCCC1=NC(CCCCC)(C(=O)O)N=N1.[Cu]. The van der Waals surface area contributed by atoms with E-state index in [0.717, 1.165) is 44.9 Å². The van der Waals surface area contributed by atoms with Gasteiger partial charge < -0.3 is 5.11 Å². The number of hydrogen-bond donors (Lipinski definition) is 1. The normalized spacial score (nSPS) is 21.1. The van der Waals surface area contributed by atoms with Crippen molar-refractivity contribution < 1.29 is 27.0 Å². The second kappa shape index (κ2) is 9.21. The van der Waals surface area contributed by atoms with Crippen molar-refractivity contribution in [2.45, 2.75) is 70.9 Å². The van der Waals surface area contributed by atoms with E-state index in [4.69, 9.17) is 0 Å². The Morgan fingerprint density at radius 1 is 1.16 bits per heavy atom. The summed E-state index contributed by atoms with van der Waals surface area (Å²) in [5.41, 5.74) is -1.32. The maximum Gasteiger partial charge on any atom is 0.356 e. The fraction of sp³-hybridized carbons (Fsp3) is 0.846. The van der Waals surface area contributed by atoms with Gasteiger partial charge in [-0.15, -0.1) is 10.2 Å². The topological polar surface area (TPSA) is 74.4 Å². The number of carboxylic acid groups (broad SMARTS) is 1. The predicted octanol–water partition coefficient (Wildman–Crippen LogP) is 3.79. The van der Waals surface area contributed by atoms with Crippen LogP contribution in [0.15, 0.2) is 15.2 Å². The van der Waals surface area contributed by atoms with E-state index in [1.54, 1.807) is 0 Å². The Morgan fingerprint density at radius 3 is 2.37 bits per heavy atom. The van der Waals surface area contributed by atoms with Crippen molar-refractivity contribution in [3.63, 3.8) is 0 Å². The van der Waals surface area contributed by atoms with Crippen molar-refractivity contribution in [2.24, 2.45) is 15.2 Å². The molecule has 0 aromatic carbocycles. The minimum atomic E-state index is -1.32. The number of aliphatic carboxylic acids is 1. The summed E-state index contributed by atoms with van der Waals surface area (Å²) in [5.74, 6) is -0.379. The molecule has 1 radical (unpaired) electrons. The van der Waals surface area contributed by atoms with E-state index >= 15 is 0 Å². The van der Waals surface area contributed by atoms with Crippen LogP contribution < -0.4 is 0 Å². The molecule has 0 bridgehead atoms. The number of azo groups is 1. The maximum atomic E-state index is 11.3. The molecule has 1 unspecified atom stereocenters. The van der Waals surface area contributed by atoms with E-state index in [2.05, 4.69) is 29.1 Å². The number of amidine groups is 1. The van der Waals surface area contributed by atoms with Crippen LogP contribution in [0.2, 0.25) is 0 Å². The van der Waals surface area contributed by atoms with Crippen LogP contribution in [0.25, 0.3) is 0 Å². The molecule has 1 heterocycles. The third kappa shape index (κ3) is 5.41. The number of carboxylic acids is 1. The van der Waals surface area contributed by atoms with E-state index < -0.39 is 11.6 Å². The van der Waals surface area contributed by atoms with E-state index in [0.29, 0.717) is 12.3 Å². The molecular formula is C13H23CuN3O2. The summed E-state index contributed by atoms with van der Waals surface area (Å²) in [4.78, 5) is 15.6. The number of nitrogens with zero attached hydrogens (tertiary/aromatic N) is 3. The molecule has 113 valence electrons. The zero-order valence-electron chi connectivity index (χ0n) is 11.7. The fourth-order valence-electron chi connectivity index (χ4n) is 1.96. The molecule has 1 aliphatic heterocycles. The molecule has 1 atom stereocenters. The second-order valence-electron chi connectivity index (χ2n) is 4.76. The summed E-state index contributed by atoms with van der Waals surface area (Å²) >= 11 is 0. The first-order chi connectivity index (χ1) is 8.64. The smallest absolute Gasteiger partial charge is 0.356 e. The molecule has 0 aliphatic carbocycles. The Hall–Kier alpha value is -0.741. The second-order valence-corrected chi connectivity index (χ2v) is 4.76. The van der Waals surface area contributed by atoms with Crippen LogP contribution in [-0.4, -0.2) is 22.6 Å². The zero-order chi connectivity index (χ0) is 13.4. The van der Waals surface area contributed by atoms with Gasteiger partial charge in [0.05, 0.1) is 0 Å². The molecule has 5 nitrogen and oxygen atoms in total. The number of rotatable bonds is 9. The van der Waals surface area contributed by atoms with Gasteiger partial charge in [0.15, 0.2) is 0 Å². The third-order valence-electron chi connectivity index (χ3n) is 3.12. The Morgan fingerprint density at radius 2 is 1.79 bits per heavy atom.